The predicted molar refractivity (Wildman–Crippen MR) is 80.6 cm³/mol. The highest BCUT2D eigenvalue weighted by Crippen LogP contribution is 2.29. The lowest BCUT2D eigenvalue weighted by Gasteiger charge is -2.37. The number of rotatable bonds is 3. The van der Waals surface area contributed by atoms with Crippen LogP contribution < -0.4 is 5.32 Å². The lowest BCUT2D eigenvalue weighted by molar-refractivity contribution is -0.384. The van der Waals surface area contributed by atoms with Gasteiger partial charge in [0.2, 0.25) is 0 Å². The van der Waals surface area contributed by atoms with Crippen LogP contribution in [0.2, 0.25) is 0 Å². The zero-order chi connectivity index (χ0) is 15.6. The standard InChI is InChI=1S/C14H20N4O3/c1-10-9-17(8-7-16(10)3)14(19)11-5-4-6-12(15-2)13(11)18(20)21/h4-6,10,15H,7-9H2,1-3H3. The Morgan fingerprint density at radius 2 is 2.14 bits per heavy atom. The van der Waals surface area contributed by atoms with E-state index in [1.54, 1.807) is 24.1 Å². The van der Waals surface area contributed by atoms with Crippen LogP contribution in [0.3, 0.4) is 0 Å². The molecule has 0 aromatic heterocycles. The molecule has 1 aromatic rings. The van der Waals surface area contributed by atoms with Crippen LogP contribution in [0.25, 0.3) is 0 Å². The number of nitro groups is 1. The van der Waals surface area contributed by atoms with Gasteiger partial charge in [0.05, 0.1) is 4.92 Å². The Hall–Kier alpha value is -2.15. The highest BCUT2D eigenvalue weighted by Gasteiger charge is 2.30. The average Bonchev–Trinajstić information content (AvgIpc) is 2.48. The van der Waals surface area contributed by atoms with Gasteiger partial charge in [-0.15, -0.1) is 0 Å². The number of nitrogens with zero attached hydrogens (tertiary/aromatic N) is 3. The summed E-state index contributed by atoms with van der Waals surface area (Å²) in [6, 6.07) is 5.02. The van der Waals surface area contributed by atoms with Crippen molar-refractivity contribution in [3.8, 4) is 0 Å². The van der Waals surface area contributed by atoms with E-state index in [9.17, 15) is 14.9 Å². The van der Waals surface area contributed by atoms with Gasteiger partial charge in [-0.1, -0.05) is 6.07 Å². The first-order valence-corrected chi connectivity index (χ1v) is 6.90. The molecule has 114 valence electrons. The second-order valence-corrected chi connectivity index (χ2v) is 5.29. The molecule has 1 aromatic carbocycles. The summed E-state index contributed by atoms with van der Waals surface area (Å²) in [5.74, 6) is -0.279. The molecule has 7 heteroatoms. The summed E-state index contributed by atoms with van der Waals surface area (Å²) in [7, 11) is 3.62. The van der Waals surface area contributed by atoms with Crippen LogP contribution in [0.1, 0.15) is 17.3 Å². The Bertz CT molecular complexity index is 561. The highest BCUT2D eigenvalue weighted by atomic mass is 16.6. The molecule has 21 heavy (non-hydrogen) atoms. The van der Waals surface area contributed by atoms with E-state index in [0.717, 1.165) is 6.54 Å². The molecule has 1 N–H and O–H groups in total. The van der Waals surface area contributed by atoms with Gasteiger partial charge in [0, 0.05) is 32.7 Å². The molecule has 0 saturated carbocycles. The number of para-hydroxylation sites is 1. The zero-order valence-corrected chi connectivity index (χ0v) is 12.5. The van der Waals surface area contributed by atoms with Gasteiger partial charge in [-0.25, -0.2) is 0 Å². The molecule has 7 nitrogen and oxygen atoms in total. The molecular formula is C14H20N4O3. The van der Waals surface area contributed by atoms with Gasteiger partial charge in [0.15, 0.2) is 0 Å². The molecule has 1 atom stereocenters. The van der Waals surface area contributed by atoms with Crippen LogP contribution in [0.4, 0.5) is 11.4 Å². The van der Waals surface area contributed by atoms with E-state index in [2.05, 4.69) is 10.2 Å². The largest absolute Gasteiger partial charge is 0.383 e. The van der Waals surface area contributed by atoms with Crippen molar-refractivity contribution >= 4 is 17.3 Å². The minimum atomic E-state index is -0.501. The van der Waals surface area contributed by atoms with Gasteiger partial charge in [-0.2, -0.15) is 0 Å². The number of nitrogens with one attached hydrogen (secondary N) is 1. The molecule has 1 fully saturated rings. The maximum atomic E-state index is 12.6. The molecule has 2 rings (SSSR count). The molecule has 1 aliphatic rings. The second kappa shape index (κ2) is 6.09. The topological polar surface area (TPSA) is 78.7 Å². The first-order chi connectivity index (χ1) is 9.95. The third-order valence-electron chi connectivity index (χ3n) is 3.97. The number of nitro benzene ring substituents is 1. The molecule has 0 radical (unpaired) electrons. The molecule has 1 saturated heterocycles. The maximum absolute atomic E-state index is 12.6. The molecule has 0 aliphatic carbocycles. The van der Waals surface area contributed by atoms with Gasteiger partial charge in [0.1, 0.15) is 11.3 Å². The quantitative estimate of drug-likeness (QED) is 0.673. The van der Waals surface area contributed by atoms with Crippen molar-refractivity contribution in [2.24, 2.45) is 0 Å². The SMILES string of the molecule is CNc1cccc(C(=O)N2CCN(C)C(C)C2)c1[N+](=O)[O-]. The number of hydrogen-bond donors (Lipinski definition) is 1. The third kappa shape index (κ3) is 2.97. The number of likely N-dealkylation sites (N-methyl/N-ethyl adjacent to an activating group) is 1. The minimum absolute atomic E-state index is 0.142. The average molecular weight is 292 g/mol. The normalized spacial score (nSPS) is 19.4. The van der Waals surface area contributed by atoms with E-state index in [1.807, 2.05) is 14.0 Å². The van der Waals surface area contributed by atoms with Gasteiger partial charge in [-0.05, 0) is 26.1 Å². The lowest BCUT2D eigenvalue weighted by Crippen LogP contribution is -2.52. The van der Waals surface area contributed by atoms with E-state index in [0.29, 0.717) is 18.8 Å². The van der Waals surface area contributed by atoms with Crippen LogP contribution in [-0.4, -0.2) is 60.4 Å². The van der Waals surface area contributed by atoms with Gasteiger partial charge in [0.25, 0.3) is 5.91 Å². The zero-order valence-electron chi connectivity index (χ0n) is 12.5. The highest BCUT2D eigenvalue weighted by molar-refractivity contribution is 6.00. The lowest BCUT2D eigenvalue weighted by atomic mass is 10.1. The van der Waals surface area contributed by atoms with Crippen molar-refractivity contribution in [2.75, 3.05) is 39.0 Å². The molecule has 1 unspecified atom stereocenters. The molecule has 0 bridgehead atoms. The Balaban J connectivity index is 2.33. The van der Waals surface area contributed by atoms with E-state index in [-0.39, 0.29) is 23.2 Å². The monoisotopic (exact) mass is 292 g/mol. The van der Waals surface area contributed by atoms with Crippen molar-refractivity contribution in [1.82, 2.24) is 9.80 Å². The van der Waals surface area contributed by atoms with E-state index >= 15 is 0 Å². The Labute approximate surface area is 123 Å². The van der Waals surface area contributed by atoms with E-state index in [1.165, 1.54) is 6.07 Å². The summed E-state index contributed by atoms with van der Waals surface area (Å²) in [6.07, 6.45) is 0. The Morgan fingerprint density at radius 3 is 2.71 bits per heavy atom. The summed E-state index contributed by atoms with van der Waals surface area (Å²) in [6.45, 7) is 3.97. The number of carbonyl (C=O) groups is 1. The van der Waals surface area contributed by atoms with Crippen molar-refractivity contribution in [3.05, 3.63) is 33.9 Å². The van der Waals surface area contributed by atoms with Crippen molar-refractivity contribution in [2.45, 2.75) is 13.0 Å². The molecule has 0 spiro atoms. The first kappa shape index (κ1) is 15.2. The summed E-state index contributed by atoms with van der Waals surface area (Å²) in [4.78, 5) is 27.3. The van der Waals surface area contributed by atoms with E-state index in [4.69, 9.17) is 0 Å². The number of benzene rings is 1. The number of amides is 1. The third-order valence-corrected chi connectivity index (χ3v) is 3.97. The molecule has 1 amide bonds. The first-order valence-electron chi connectivity index (χ1n) is 6.90. The van der Waals surface area contributed by atoms with Crippen LogP contribution in [0.5, 0.6) is 0 Å². The summed E-state index contributed by atoms with van der Waals surface area (Å²) in [5, 5.41) is 14.1. The smallest absolute Gasteiger partial charge is 0.305 e. The van der Waals surface area contributed by atoms with Crippen LogP contribution >= 0.6 is 0 Å². The number of hydrogen-bond acceptors (Lipinski definition) is 5. The molecule has 1 aliphatic heterocycles. The van der Waals surface area contributed by atoms with Crippen molar-refractivity contribution < 1.29 is 9.72 Å². The fourth-order valence-electron chi connectivity index (χ4n) is 2.52. The molecular weight excluding hydrogens is 272 g/mol. The van der Waals surface area contributed by atoms with Gasteiger partial charge >= 0.3 is 5.69 Å². The van der Waals surface area contributed by atoms with Gasteiger partial charge < -0.3 is 15.1 Å². The van der Waals surface area contributed by atoms with Gasteiger partial charge in [-0.3, -0.25) is 14.9 Å². The van der Waals surface area contributed by atoms with Crippen LogP contribution in [0.15, 0.2) is 18.2 Å². The number of piperazine rings is 1. The van der Waals surface area contributed by atoms with Crippen molar-refractivity contribution in [3.63, 3.8) is 0 Å². The molecule has 1 heterocycles. The Kier molecular flexibility index (Phi) is 4.42. The number of carbonyl (C=O) groups excluding carboxylic acids is 1. The number of anilines is 1. The fourth-order valence-corrected chi connectivity index (χ4v) is 2.52. The summed E-state index contributed by atoms with van der Waals surface area (Å²) < 4.78 is 0. The van der Waals surface area contributed by atoms with Crippen LogP contribution in [-0.2, 0) is 0 Å². The van der Waals surface area contributed by atoms with E-state index < -0.39 is 4.92 Å². The Morgan fingerprint density at radius 1 is 1.43 bits per heavy atom. The fraction of sp³-hybridized carbons (Fsp3) is 0.500. The van der Waals surface area contributed by atoms with Crippen LogP contribution in [0, 0.1) is 10.1 Å². The second-order valence-electron chi connectivity index (χ2n) is 5.29. The predicted octanol–water partition coefficient (Wildman–Crippen LogP) is 1.41. The summed E-state index contributed by atoms with van der Waals surface area (Å²) >= 11 is 0. The minimum Gasteiger partial charge on any atom is -0.383 e. The maximum Gasteiger partial charge on any atom is 0.305 e. The summed E-state index contributed by atoms with van der Waals surface area (Å²) in [5.41, 5.74) is 0.341. The van der Waals surface area contributed by atoms with Crippen molar-refractivity contribution in [1.29, 1.82) is 0 Å².